The lowest BCUT2D eigenvalue weighted by Gasteiger charge is -2.33. The van der Waals surface area contributed by atoms with Crippen LogP contribution in [0.3, 0.4) is 0 Å². The molecule has 1 aliphatic heterocycles. The number of likely N-dealkylation sites (tertiary alicyclic amines) is 1. The molecule has 1 atom stereocenters. The molecule has 1 heterocycles. The zero-order chi connectivity index (χ0) is 17.6. The largest absolute Gasteiger partial charge is 0.357 e. The maximum atomic E-state index is 11.9. The molecule has 1 fully saturated rings. The van der Waals surface area contributed by atoms with E-state index in [-0.39, 0.29) is 4.90 Å². The number of nitrogens with zero attached hydrogens (tertiary/aromatic N) is 2. The summed E-state index contributed by atoms with van der Waals surface area (Å²) in [6, 6.07) is 6.93. The number of benzene rings is 1. The molecule has 1 aromatic rings. The Kier molecular flexibility index (Phi) is 6.62. The molecule has 0 amide bonds. The van der Waals surface area contributed by atoms with Gasteiger partial charge < -0.3 is 10.2 Å². The van der Waals surface area contributed by atoms with Crippen molar-refractivity contribution in [3.63, 3.8) is 0 Å². The predicted octanol–water partition coefficient (Wildman–Crippen LogP) is 1.79. The Morgan fingerprint density at radius 1 is 1.42 bits per heavy atom. The Bertz CT molecular complexity index is 673. The quantitative estimate of drug-likeness (QED) is 0.626. The fourth-order valence-electron chi connectivity index (χ4n) is 2.90. The van der Waals surface area contributed by atoms with E-state index in [1.807, 2.05) is 6.07 Å². The molecule has 1 saturated heterocycles. The summed E-state index contributed by atoms with van der Waals surface area (Å²) >= 11 is 0. The van der Waals surface area contributed by atoms with Gasteiger partial charge in [-0.15, -0.1) is 0 Å². The van der Waals surface area contributed by atoms with Gasteiger partial charge in [0, 0.05) is 19.6 Å². The first-order chi connectivity index (χ1) is 11.5. The van der Waals surface area contributed by atoms with Gasteiger partial charge in [-0.25, -0.2) is 18.1 Å². The third-order valence-corrected chi connectivity index (χ3v) is 5.59. The first kappa shape index (κ1) is 18.7. The Balaban J connectivity index is 2.15. The van der Waals surface area contributed by atoms with Crippen LogP contribution in [0.1, 0.15) is 32.3 Å². The molecule has 1 unspecified atom stereocenters. The minimum atomic E-state index is -3.42. The molecule has 0 radical (unpaired) electrons. The summed E-state index contributed by atoms with van der Waals surface area (Å²) in [7, 11) is -2.00. The van der Waals surface area contributed by atoms with Gasteiger partial charge in [-0.1, -0.05) is 19.1 Å². The monoisotopic (exact) mass is 352 g/mol. The molecular formula is C17H28N4O2S. The molecule has 0 aliphatic carbocycles. The van der Waals surface area contributed by atoms with E-state index in [0.717, 1.165) is 31.2 Å². The smallest absolute Gasteiger partial charge is 0.240 e. The van der Waals surface area contributed by atoms with Gasteiger partial charge in [0.1, 0.15) is 0 Å². The lowest BCUT2D eigenvalue weighted by atomic mass is 10.0. The first-order valence-electron chi connectivity index (χ1n) is 8.52. The van der Waals surface area contributed by atoms with Crippen LogP contribution in [0.4, 0.5) is 0 Å². The van der Waals surface area contributed by atoms with Gasteiger partial charge in [-0.05, 0) is 50.4 Å². The first-order valence-corrected chi connectivity index (χ1v) is 10.0. The molecule has 0 saturated carbocycles. The number of rotatable bonds is 5. The minimum Gasteiger partial charge on any atom is -0.357 e. The normalized spacial score (nSPS) is 19.4. The van der Waals surface area contributed by atoms with Gasteiger partial charge in [0.25, 0.3) is 0 Å². The average molecular weight is 353 g/mol. The Hall–Kier alpha value is -1.60. The van der Waals surface area contributed by atoms with Crippen molar-refractivity contribution >= 4 is 16.0 Å². The Morgan fingerprint density at radius 3 is 2.88 bits per heavy atom. The zero-order valence-electron chi connectivity index (χ0n) is 14.7. The van der Waals surface area contributed by atoms with Crippen LogP contribution in [0, 0.1) is 5.92 Å². The summed E-state index contributed by atoms with van der Waals surface area (Å²) < 4.78 is 26.2. The second-order valence-corrected chi connectivity index (χ2v) is 8.11. The van der Waals surface area contributed by atoms with Crippen LogP contribution in [0.15, 0.2) is 34.2 Å². The summed E-state index contributed by atoms with van der Waals surface area (Å²) in [4.78, 5) is 7.28. The molecule has 134 valence electrons. The van der Waals surface area contributed by atoms with E-state index < -0.39 is 10.0 Å². The number of sulfonamides is 1. The van der Waals surface area contributed by atoms with Crippen molar-refractivity contribution in [2.45, 2.75) is 38.1 Å². The van der Waals surface area contributed by atoms with Crippen LogP contribution in [-0.4, -0.2) is 46.0 Å². The molecule has 1 aliphatic rings. The van der Waals surface area contributed by atoms with E-state index >= 15 is 0 Å². The molecule has 6 nitrogen and oxygen atoms in total. The third-order valence-electron chi connectivity index (χ3n) is 4.18. The van der Waals surface area contributed by atoms with Crippen LogP contribution in [0.25, 0.3) is 0 Å². The molecule has 0 bridgehead atoms. The van der Waals surface area contributed by atoms with Gasteiger partial charge in [-0.2, -0.15) is 0 Å². The van der Waals surface area contributed by atoms with E-state index in [9.17, 15) is 8.42 Å². The van der Waals surface area contributed by atoms with Crippen molar-refractivity contribution in [3.8, 4) is 0 Å². The Labute approximate surface area is 145 Å². The second kappa shape index (κ2) is 8.48. The summed E-state index contributed by atoms with van der Waals surface area (Å²) in [5.41, 5.74) is 0.881. The molecule has 24 heavy (non-hydrogen) atoms. The van der Waals surface area contributed by atoms with Crippen molar-refractivity contribution in [1.82, 2.24) is 14.9 Å². The fourth-order valence-corrected chi connectivity index (χ4v) is 3.70. The summed E-state index contributed by atoms with van der Waals surface area (Å²) in [6.07, 6.45) is 2.45. The van der Waals surface area contributed by atoms with Crippen molar-refractivity contribution in [2.24, 2.45) is 10.9 Å². The van der Waals surface area contributed by atoms with Crippen molar-refractivity contribution in [1.29, 1.82) is 0 Å². The zero-order valence-corrected chi connectivity index (χ0v) is 15.6. The van der Waals surface area contributed by atoms with Crippen LogP contribution in [-0.2, 0) is 16.6 Å². The van der Waals surface area contributed by atoms with Gasteiger partial charge in [-0.3, -0.25) is 0 Å². The number of piperidine rings is 1. The summed E-state index contributed by atoms with van der Waals surface area (Å²) in [5, 5.41) is 3.34. The van der Waals surface area contributed by atoms with Crippen LogP contribution in [0.5, 0.6) is 0 Å². The number of aliphatic imine (C=N–C) groups is 1. The van der Waals surface area contributed by atoms with E-state index in [1.54, 1.807) is 18.2 Å². The molecule has 1 aromatic carbocycles. The van der Waals surface area contributed by atoms with Crippen molar-refractivity contribution < 1.29 is 8.42 Å². The highest BCUT2D eigenvalue weighted by atomic mass is 32.2. The summed E-state index contributed by atoms with van der Waals surface area (Å²) in [6.45, 7) is 7.63. The standard InChI is InChI=1S/C17H28N4O2S/c1-4-19-17(21-10-6-7-14(2)13-21)20-12-15-8-5-9-16(11-15)24(22,23)18-3/h5,8-9,11,14,18H,4,6-7,10,12-13H2,1-3H3,(H,19,20). The number of hydrogen-bond acceptors (Lipinski definition) is 3. The van der Waals surface area contributed by atoms with E-state index in [2.05, 4.69) is 28.8 Å². The number of nitrogens with one attached hydrogen (secondary N) is 2. The predicted molar refractivity (Wildman–Crippen MR) is 97.5 cm³/mol. The van der Waals surface area contributed by atoms with Crippen molar-refractivity contribution in [3.05, 3.63) is 29.8 Å². The molecule has 0 aromatic heterocycles. The minimum absolute atomic E-state index is 0.272. The average Bonchev–Trinajstić information content (AvgIpc) is 2.59. The highest BCUT2D eigenvalue weighted by Gasteiger charge is 2.19. The van der Waals surface area contributed by atoms with E-state index in [1.165, 1.54) is 19.9 Å². The molecular weight excluding hydrogens is 324 g/mol. The molecule has 0 spiro atoms. The van der Waals surface area contributed by atoms with Gasteiger partial charge in [0.2, 0.25) is 10.0 Å². The summed E-state index contributed by atoms with van der Waals surface area (Å²) in [5.74, 6) is 1.58. The van der Waals surface area contributed by atoms with Gasteiger partial charge in [0.15, 0.2) is 5.96 Å². The van der Waals surface area contributed by atoms with Gasteiger partial charge >= 0.3 is 0 Å². The fraction of sp³-hybridized carbons (Fsp3) is 0.588. The second-order valence-electron chi connectivity index (χ2n) is 6.22. The van der Waals surface area contributed by atoms with E-state index in [0.29, 0.717) is 12.5 Å². The van der Waals surface area contributed by atoms with Crippen LogP contribution < -0.4 is 10.0 Å². The third kappa shape index (κ3) is 4.95. The topological polar surface area (TPSA) is 73.8 Å². The highest BCUT2D eigenvalue weighted by Crippen LogP contribution is 2.16. The molecule has 2 rings (SSSR count). The number of hydrogen-bond donors (Lipinski definition) is 2. The van der Waals surface area contributed by atoms with Gasteiger partial charge in [0.05, 0.1) is 11.4 Å². The SMILES string of the molecule is CCNC(=NCc1cccc(S(=O)(=O)NC)c1)N1CCCC(C)C1. The number of guanidine groups is 1. The molecule has 7 heteroatoms. The van der Waals surface area contributed by atoms with Crippen molar-refractivity contribution in [2.75, 3.05) is 26.7 Å². The lowest BCUT2D eigenvalue weighted by Crippen LogP contribution is -2.46. The highest BCUT2D eigenvalue weighted by molar-refractivity contribution is 7.89. The maximum Gasteiger partial charge on any atom is 0.240 e. The van der Waals surface area contributed by atoms with Crippen LogP contribution >= 0.6 is 0 Å². The lowest BCUT2D eigenvalue weighted by molar-refractivity contribution is 0.266. The maximum absolute atomic E-state index is 11.9. The van der Waals surface area contributed by atoms with E-state index in [4.69, 9.17) is 4.99 Å². The molecule has 2 N–H and O–H groups in total. The Morgan fingerprint density at radius 2 is 2.21 bits per heavy atom. The van der Waals surface area contributed by atoms with Crippen LogP contribution in [0.2, 0.25) is 0 Å².